The van der Waals surface area contributed by atoms with Crippen LogP contribution in [0.4, 0.5) is 0 Å². The fourth-order valence-corrected chi connectivity index (χ4v) is 2.12. The zero-order chi connectivity index (χ0) is 14.7. The molecule has 2 N–H and O–H groups in total. The summed E-state index contributed by atoms with van der Waals surface area (Å²) in [6.07, 6.45) is 1.67. The molecule has 0 bridgehead atoms. The van der Waals surface area contributed by atoms with E-state index in [9.17, 15) is 0 Å². The predicted octanol–water partition coefficient (Wildman–Crippen LogP) is 2.81. The van der Waals surface area contributed by atoms with E-state index in [0.29, 0.717) is 23.3 Å². The zero-order valence-corrected chi connectivity index (χ0v) is 12.2. The van der Waals surface area contributed by atoms with Crippen molar-refractivity contribution < 1.29 is 14.3 Å². The molecule has 0 saturated carbocycles. The summed E-state index contributed by atoms with van der Waals surface area (Å²) < 4.78 is 10.6. The van der Waals surface area contributed by atoms with E-state index in [2.05, 4.69) is 22.4 Å². The van der Waals surface area contributed by atoms with Gasteiger partial charge in [0.2, 0.25) is 5.82 Å². The Morgan fingerprint density at radius 1 is 1.24 bits per heavy atom. The van der Waals surface area contributed by atoms with E-state index in [1.165, 1.54) is 0 Å². The van der Waals surface area contributed by atoms with Gasteiger partial charge in [0.25, 0.3) is 5.89 Å². The molecule has 0 unspecified atom stereocenters. The Bertz CT molecular complexity index is 692. The van der Waals surface area contributed by atoms with Gasteiger partial charge in [-0.2, -0.15) is 4.98 Å². The van der Waals surface area contributed by atoms with Gasteiger partial charge in [0.15, 0.2) is 12.3 Å². The summed E-state index contributed by atoms with van der Waals surface area (Å²) in [4.78, 5) is 4.38. The van der Waals surface area contributed by atoms with Crippen molar-refractivity contribution in [3.05, 3.63) is 59.3 Å². The molecular formula is C15H15ClN3O2+. The molecule has 5 nitrogen and oxygen atoms in total. The zero-order valence-electron chi connectivity index (χ0n) is 11.5. The summed E-state index contributed by atoms with van der Waals surface area (Å²) in [7, 11) is 0. The van der Waals surface area contributed by atoms with Gasteiger partial charge in [-0.05, 0) is 43.3 Å². The molecule has 0 spiro atoms. The van der Waals surface area contributed by atoms with Crippen molar-refractivity contribution in [1.82, 2.24) is 10.1 Å². The van der Waals surface area contributed by atoms with Crippen LogP contribution in [0.3, 0.4) is 0 Å². The summed E-state index contributed by atoms with van der Waals surface area (Å²) in [6, 6.07) is 11.4. The largest absolute Gasteiger partial charge is 0.463 e. The minimum Gasteiger partial charge on any atom is -0.463 e. The Morgan fingerprint density at radius 2 is 2.05 bits per heavy atom. The molecule has 0 fully saturated rings. The second-order valence-electron chi connectivity index (χ2n) is 4.76. The van der Waals surface area contributed by atoms with E-state index < -0.39 is 0 Å². The molecule has 3 rings (SSSR count). The highest BCUT2D eigenvalue weighted by Gasteiger charge is 2.15. The third-order valence-corrected chi connectivity index (χ3v) is 3.46. The number of hydrogen-bond donors (Lipinski definition) is 1. The van der Waals surface area contributed by atoms with Gasteiger partial charge in [-0.3, -0.25) is 0 Å². The lowest BCUT2D eigenvalue weighted by molar-refractivity contribution is -0.711. The van der Waals surface area contributed by atoms with E-state index in [1.54, 1.807) is 18.4 Å². The van der Waals surface area contributed by atoms with Crippen molar-refractivity contribution >= 4 is 11.6 Å². The minimum absolute atomic E-state index is 0.200. The molecule has 6 heteroatoms. The molecule has 2 aromatic heterocycles. The monoisotopic (exact) mass is 304 g/mol. The van der Waals surface area contributed by atoms with Crippen molar-refractivity contribution in [1.29, 1.82) is 0 Å². The summed E-state index contributed by atoms with van der Waals surface area (Å²) >= 11 is 5.86. The number of furan rings is 1. The highest BCUT2D eigenvalue weighted by atomic mass is 35.5. The summed E-state index contributed by atoms with van der Waals surface area (Å²) in [5.41, 5.74) is 0.883. The van der Waals surface area contributed by atoms with E-state index >= 15 is 0 Å². The van der Waals surface area contributed by atoms with Gasteiger partial charge in [-0.15, -0.1) is 0 Å². The first-order valence-corrected chi connectivity index (χ1v) is 7.05. The lowest BCUT2D eigenvalue weighted by atomic mass is 10.2. The van der Waals surface area contributed by atoms with Crippen molar-refractivity contribution in [2.75, 3.05) is 0 Å². The van der Waals surface area contributed by atoms with Crippen molar-refractivity contribution in [3.8, 4) is 11.4 Å². The number of halogens is 1. The maximum absolute atomic E-state index is 5.86. The number of nitrogens with two attached hydrogens (primary N) is 1. The van der Waals surface area contributed by atoms with Crippen LogP contribution in [-0.2, 0) is 6.54 Å². The summed E-state index contributed by atoms with van der Waals surface area (Å²) in [5, 5.41) is 6.75. The maximum atomic E-state index is 5.86. The average Bonchev–Trinajstić information content (AvgIpc) is 3.17. The number of benzene rings is 1. The topological polar surface area (TPSA) is 68.7 Å². The molecule has 0 aliphatic carbocycles. The molecule has 21 heavy (non-hydrogen) atoms. The molecule has 0 aliphatic rings. The van der Waals surface area contributed by atoms with Crippen molar-refractivity contribution in [2.24, 2.45) is 0 Å². The van der Waals surface area contributed by atoms with Gasteiger partial charge >= 0.3 is 0 Å². The molecule has 2 heterocycles. The number of quaternary nitrogens is 1. The summed E-state index contributed by atoms with van der Waals surface area (Å²) in [5.74, 6) is 2.08. The minimum atomic E-state index is 0.200. The molecule has 1 atom stereocenters. The number of hydrogen-bond acceptors (Lipinski definition) is 4. The highest BCUT2D eigenvalue weighted by molar-refractivity contribution is 6.30. The quantitative estimate of drug-likeness (QED) is 0.787. The van der Waals surface area contributed by atoms with Gasteiger partial charge in [-0.25, -0.2) is 0 Å². The van der Waals surface area contributed by atoms with Crippen molar-refractivity contribution in [2.45, 2.75) is 19.5 Å². The first kappa shape index (κ1) is 13.9. The smallest absolute Gasteiger partial charge is 0.282 e. The van der Waals surface area contributed by atoms with Crippen LogP contribution in [0.15, 0.2) is 51.6 Å². The van der Waals surface area contributed by atoms with Gasteiger partial charge in [0.05, 0.1) is 6.26 Å². The van der Waals surface area contributed by atoms with Crippen LogP contribution in [0.2, 0.25) is 5.02 Å². The van der Waals surface area contributed by atoms with Crippen LogP contribution in [0.5, 0.6) is 0 Å². The number of aromatic nitrogens is 2. The second-order valence-corrected chi connectivity index (χ2v) is 5.20. The second kappa shape index (κ2) is 6.11. The third kappa shape index (κ3) is 3.32. The molecule has 1 aromatic carbocycles. The lowest BCUT2D eigenvalue weighted by Gasteiger charge is -2.04. The Labute approximate surface area is 126 Å². The van der Waals surface area contributed by atoms with E-state index in [4.69, 9.17) is 20.5 Å². The fraction of sp³-hybridized carbons (Fsp3) is 0.200. The van der Waals surface area contributed by atoms with Gasteiger partial charge in [0.1, 0.15) is 6.04 Å². The molecule has 0 amide bonds. The van der Waals surface area contributed by atoms with Crippen LogP contribution in [0, 0.1) is 0 Å². The Balaban J connectivity index is 1.64. The van der Waals surface area contributed by atoms with Crippen LogP contribution in [0.25, 0.3) is 11.4 Å². The number of rotatable bonds is 5. The van der Waals surface area contributed by atoms with Crippen molar-refractivity contribution in [3.63, 3.8) is 0 Å². The van der Waals surface area contributed by atoms with E-state index in [1.807, 2.05) is 24.3 Å². The standard InChI is InChI=1S/C15H14ClN3O2/c1-10(13-3-2-8-20-13)17-9-14-18-15(19-21-14)11-4-6-12(16)7-5-11/h2-8,10,17H,9H2,1H3/p+1/t10-/m1/s1. The molecular weight excluding hydrogens is 290 g/mol. The molecule has 0 aliphatic heterocycles. The normalized spacial score (nSPS) is 12.5. The Kier molecular flexibility index (Phi) is 4.03. The SMILES string of the molecule is C[C@@H]([NH2+]Cc1nc(-c2ccc(Cl)cc2)no1)c1ccco1. The Morgan fingerprint density at radius 3 is 2.76 bits per heavy atom. The predicted molar refractivity (Wildman–Crippen MR) is 77.5 cm³/mol. The third-order valence-electron chi connectivity index (χ3n) is 3.21. The van der Waals surface area contributed by atoms with Gasteiger partial charge in [-0.1, -0.05) is 16.8 Å². The first-order chi connectivity index (χ1) is 10.2. The first-order valence-electron chi connectivity index (χ1n) is 6.67. The number of nitrogens with zero attached hydrogens (tertiary/aromatic N) is 2. The van der Waals surface area contributed by atoms with E-state index in [-0.39, 0.29) is 6.04 Å². The average molecular weight is 305 g/mol. The maximum Gasteiger partial charge on any atom is 0.282 e. The summed E-state index contributed by atoms with van der Waals surface area (Å²) in [6.45, 7) is 2.66. The molecule has 0 radical (unpaired) electrons. The van der Waals surface area contributed by atoms with E-state index in [0.717, 1.165) is 11.3 Å². The lowest BCUT2D eigenvalue weighted by Crippen LogP contribution is -2.83. The molecule has 0 saturated heterocycles. The van der Waals surface area contributed by atoms with Crippen LogP contribution < -0.4 is 5.32 Å². The molecule has 108 valence electrons. The van der Waals surface area contributed by atoms with Gasteiger partial charge in [0, 0.05) is 10.6 Å². The van der Waals surface area contributed by atoms with Crippen LogP contribution in [0.1, 0.15) is 24.6 Å². The van der Waals surface area contributed by atoms with Crippen LogP contribution in [-0.4, -0.2) is 10.1 Å². The van der Waals surface area contributed by atoms with Gasteiger partial charge < -0.3 is 14.3 Å². The fourth-order valence-electron chi connectivity index (χ4n) is 2.00. The molecule has 3 aromatic rings. The Hall–Kier alpha value is -2.11. The highest BCUT2D eigenvalue weighted by Crippen LogP contribution is 2.18. The van der Waals surface area contributed by atoms with Crippen LogP contribution >= 0.6 is 11.6 Å².